The van der Waals surface area contributed by atoms with Gasteiger partial charge in [-0.3, -0.25) is 9.98 Å². The Kier molecular flexibility index (Phi) is 3.53. The van der Waals surface area contributed by atoms with Gasteiger partial charge in [-0.05, 0) is 36.6 Å². The molecule has 1 aliphatic heterocycles. The van der Waals surface area contributed by atoms with Crippen molar-refractivity contribution in [2.45, 2.75) is 26.8 Å². The highest BCUT2D eigenvalue weighted by Gasteiger charge is 2.27. The first-order valence-corrected chi connectivity index (χ1v) is 7.48. The second kappa shape index (κ2) is 5.35. The maximum atomic E-state index is 6.05. The van der Waals surface area contributed by atoms with Crippen LogP contribution in [0.25, 0.3) is 10.9 Å². The van der Waals surface area contributed by atoms with Crippen LogP contribution in [0, 0.1) is 12.8 Å². The normalized spacial score (nSPS) is 18.6. The van der Waals surface area contributed by atoms with Gasteiger partial charge < -0.3 is 10.6 Å². The lowest BCUT2D eigenvalue weighted by atomic mass is 10.0. The molecule has 0 spiro atoms. The highest BCUT2D eigenvalue weighted by molar-refractivity contribution is 5.82. The first-order valence-electron chi connectivity index (χ1n) is 7.48. The van der Waals surface area contributed by atoms with E-state index in [1.165, 1.54) is 10.9 Å². The average Bonchev–Trinajstić information content (AvgIpc) is 2.79. The molecule has 0 fully saturated rings. The molecule has 110 valence electrons. The van der Waals surface area contributed by atoms with Gasteiger partial charge in [0.1, 0.15) is 0 Å². The smallest absolute Gasteiger partial charge is 0.191 e. The summed E-state index contributed by atoms with van der Waals surface area (Å²) >= 11 is 0. The van der Waals surface area contributed by atoms with Crippen molar-refractivity contribution in [1.29, 1.82) is 0 Å². The number of hydrogen-bond acceptors (Lipinski definition) is 4. The van der Waals surface area contributed by atoms with Crippen LogP contribution in [0.2, 0.25) is 0 Å². The van der Waals surface area contributed by atoms with Crippen molar-refractivity contribution in [2.24, 2.45) is 16.6 Å². The molecule has 2 heterocycles. The van der Waals surface area contributed by atoms with Crippen molar-refractivity contribution in [3.8, 4) is 0 Å². The fourth-order valence-corrected chi connectivity index (χ4v) is 2.88. The summed E-state index contributed by atoms with van der Waals surface area (Å²) in [6, 6.07) is 10.9. The van der Waals surface area contributed by atoms with Crippen LogP contribution in [0.1, 0.15) is 31.1 Å². The molecule has 3 rings (SSSR count). The number of aryl methyl sites for hydroxylation is 1. The third kappa shape index (κ3) is 2.71. The standard InChI is InChI=1S/C17H22N4/c1-11(2)10-21-16(9-19-17(21)18)14-6-7-15-13(8-14)5-4-12(3)20-15/h4-8,11,16H,9-10H2,1-3H3,(H2,18,19). The van der Waals surface area contributed by atoms with Crippen molar-refractivity contribution in [3.05, 3.63) is 41.6 Å². The quantitative estimate of drug-likeness (QED) is 0.941. The highest BCUT2D eigenvalue weighted by Crippen LogP contribution is 2.28. The minimum Gasteiger partial charge on any atom is -0.370 e. The second-order valence-electron chi connectivity index (χ2n) is 6.17. The number of pyridine rings is 1. The van der Waals surface area contributed by atoms with E-state index in [2.05, 4.69) is 59.1 Å². The molecule has 1 aromatic heterocycles. The zero-order valence-electron chi connectivity index (χ0n) is 12.9. The number of aliphatic imine (C=N–C) groups is 1. The van der Waals surface area contributed by atoms with Crippen molar-refractivity contribution in [3.63, 3.8) is 0 Å². The number of rotatable bonds is 3. The van der Waals surface area contributed by atoms with E-state index >= 15 is 0 Å². The molecule has 1 unspecified atom stereocenters. The van der Waals surface area contributed by atoms with Crippen LogP contribution in [0.4, 0.5) is 0 Å². The average molecular weight is 282 g/mol. The Hall–Kier alpha value is -2.10. The van der Waals surface area contributed by atoms with Gasteiger partial charge in [0, 0.05) is 17.6 Å². The lowest BCUT2D eigenvalue weighted by Crippen LogP contribution is -2.38. The Morgan fingerprint density at radius 3 is 2.86 bits per heavy atom. The van der Waals surface area contributed by atoms with Crippen LogP contribution in [0.15, 0.2) is 35.3 Å². The Bertz CT molecular complexity index is 690. The van der Waals surface area contributed by atoms with Gasteiger partial charge in [0.15, 0.2) is 5.96 Å². The van der Waals surface area contributed by atoms with Gasteiger partial charge in [0.2, 0.25) is 0 Å². The van der Waals surface area contributed by atoms with Gasteiger partial charge in [-0.2, -0.15) is 0 Å². The molecule has 4 heteroatoms. The van der Waals surface area contributed by atoms with Gasteiger partial charge in [-0.1, -0.05) is 26.0 Å². The van der Waals surface area contributed by atoms with Gasteiger partial charge in [-0.15, -0.1) is 0 Å². The number of nitrogens with two attached hydrogens (primary N) is 1. The SMILES string of the molecule is Cc1ccc2cc(C3CN=C(N)N3CC(C)C)ccc2n1. The topological polar surface area (TPSA) is 54.5 Å². The predicted molar refractivity (Wildman–Crippen MR) is 87.3 cm³/mol. The van der Waals surface area contributed by atoms with Gasteiger partial charge in [-0.25, -0.2) is 0 Å². The van der Waals surface area contributed by atoms with Gasteiger partial charge in [0.05, 0.1) is 18.1 Å². The molecular formula is C17H22N4. The van der Waals surface area contributed by atoms with Crippen LogP contribution < -0.4 is 5.73 Å². The molecule has 0 saturated heterocycles. The van der Waals surface area contributed by atoms with Crippen molar-refractivity contribution in [1.82, 2.24) is 9.88 Å². The molecule has 0 saturated carbocycles. The van der Waals surface area contributed by atoms with Gasteiger partial charge >= 0.3 is 0 Å². The molecule has 4 nitrogen and oxygen atoms in total. The fraction of sp³-hybridized carbons (Fsp3) is 0.412. The maximum Gasteiger partial charge on any atom is 0.191 e. The summed E-state index contributed by atoms with van der Waals surface area (Å²) in [4.78, 5) is 11.2. The van der Waals surface area contributed by atoms with Crippen LogP contribution in [-0.2, 0) is 0 Å². The van der Waals surface area contributed by atoms with E-state index in [9.17, 15) is 0 Å². The van der Waals surface area contributed by atoms with Crippen LogP contribution in [-0.4, -0.2) is 28.9 Å². The van der Waals surface area contributed by atoms with E-state index in [1.807, 2.05) is 6.92 Å². The van der Waals surface area contributed by atoms with Gasteiger partial charge in [0.25, 0.3) is 0 Å². The molecule has 0 aliphatic carbocycles. The molecule has 2 aromatic rings. The Labute approximate surface area is 125 Å². The van der Waals surface area contributed by atoms with E-state index in [0.29, 0.717) is 11.9 Å². The second-order valence-corrected chi connectivity index (χ2v) is 6.17. The first kappa shape index (κ1) is 13.9. The largest absolute Gasteiger partial charge is 0.370 e. The minimum absolute atomic E-state index is 0.248. The molecule has 0 amide bonds. The zero-order valence-corrected chi connectivity index (χ0v) is 12.9. The molecule has 0 radical (unpaired) electrons. The minimum atomic E-state index is 0.248. The molecule has 1 atom stereocenters. The number of hydrogen-bond donors (Lipinski definition) is 1. The third-order valence-electron chi connectivity index (χ3n) is 3.90. The Morgan fingerprint density at radius 2 is 2.10 bits per heavy atom. The molecule has 1 aromatic carbocycles. The number of benzene rings is 1. The van der Waals surface area contributed by atoms with Crippen LogP contribution in [0.5, 0.6) is 0 Å². The maximum absolute atomic E-state index is 6.05. The number of aromatic nitrogens is 1. The van der Waals surface area contributed by atoms with E-state index in [0.717, 1.165) is 24.3 Å². The van der Waals surface area contributed by atoms with Crippen LogP contribution >= 0.6 is 0 Å². The highest BCUT2D eigenvalue weighted by atomic mass is 15.3. The lowest BCUT2D eigenvalue weighted by molar-refractivity contribution is 0.309. The van der Waals surface area contributed by atoms with E-state index in [1.54, 1.807) is 0 Å². The molecule has 21 heavy (non-hydrogen) atoms. The summed E-state index contributed by atoms with van der Waals surface area (Å²) in [6.07, 6.45) is 0. The molecule has 0 bridgehead atoms. The number of nitrogens with zero attached hydrogens (tertiary/aromatic N) is 3. The van der Waals surface area contributed by atoms with E-state index in [4.69, 9.17) is 5.73 Å². The molecule has 2 N–H and O–H groups in total. The predicted octanol–water partition coefficient (Wildman–Crippen LogP) is 2.87. The zero-order chi connectivity index (χ0) is 15.0. The summed E-state index contributed by atoms with van der Waals surface area (Å²) in [6.45, 7) is 8.10. The fourth-order valence-electron chi connectivity index (χ4n) is 2.88. The Morgan fingerprint density at radius 1 is 1.29 bits per heavy atom. The van der Waals surface area contributed by atoms with Crippen LogP contribution in [0.3, 0.4) is 0 Å². The molecular weight excluding hydrogens is 260 g/mol. The number of guanidine groups is 1. The van der Waals surface area contributed by atoms with E-state index < -0.39 is 0 Å². The van der Waals surface area contributed by atoms with Crippen molar-refractivity contribution >= 4 is 16.9 Å². The Balaban J connectivity index is 1.94. The summed E-state index contributed by atoms with van der Waals surface area (Å²) in [5.41, 5.74) is 9.40. The lowest BCUT2D eigenvalue weighted by Gasteiger charge is -2.28. The summed E-state index contributed by atoms with van der Waals surface area (Å²) in [5.74, 6) is 1.22. The summed E-state index contributed by atoms with van der Waals surface area (Å²) in [7, 11) is 0. The summed E-state index contributed by atoms with van der Waals surface area (Å²) < 4.78 is 0. The first-order chi connectivity index (χ1) is 10.0. The van der Waals surface area contributed by atoms with Crippen molar-refractivity contribution < 1.29 is 0 Å². The van der Waals surface area contributed by atoms with Crippen molar-refractivity contribution in [2.75, 3.05) is 13.1 Å². The monoisotopic (exact) mass is 282 g/mol. The molecule has 1 aliphatic rings. The number of fused-ring (bicyclic) bond motifs is 1. The van der Waals surface area contributed by atoms with E-state index in [-0.39, 0.29) is 6.04 Å². The third-order valence-corrected chi connectivity index (χ3v) is 3.90. The summed E-state index contributed by atoms with van der Waals surface area (Å²) in [5, 5.41) is 1.17.